The van der Waals surface area contributed by atoms with E-state index in [0.29, 0.717) is 39.6 Å². The highest BCUT2D eigenvalue weighted by molar-refractivity contribution is 14.0. The summed E-state index contributed by atoms with van der Waals surface area (Å²) in [5, 5.41) is 6.59. The first-order chi connectivity index (χ1) is 13.3. The molecule has 0 aliphatic rings. The molecule has 1 aromatic rings. The fraction of sp³-hybridized carbons (Fsp3) is 0.650. The van der Waals surface area contributed by atoms with E-state index in [0.717, 1.165) is 43.2 Å². The van der Waals surface area contributed by atoms with Crippen LogP contribution in [0.3, 0.4) is 0 Å². The molecule has 0 aromatic heterocycles. The van der Waals surface area contributed by atoms with Gasteiger partial charge in [0.1, 0.15) is 5.75 Å². The molecule has 162 valence electrons. The predicted molar refractivity (Wildman–Crippen MR) is 124 cm³/mol. The Morgan fingerprint density at radius 3 is 2.54 bits per heavy atom. The molecule has 0 saturated carbocycles. The van der Waals surface area contributed by atoms with E-state index in [1.54, 1.807) is 14.2 Å². The van der Waals surface area contributed by atoms with E-state index in [2.05, 4.69) is 28.6 Å². The van der Waals surface area contributed by atoms with Gasteiger partial charge in [-0.2, -0.15) is 0 Å². The largest absolute Gasteiger partial charge is 0.493 e. The van der Waals surface area contributed by atoms with E-state index >= 15 is 0 Å². The van der Waals surface area contributed by atoms with Crippen LogP contribution < -0.4 is 15.4 Å². The van der Waals surface area contributed by atoms with Crippen molar-refractivity contribution in [3.05, 3.63) is 29.8 Å². The van der Waals surface area contributed by atoms with Crippen molar-refractivity contribution in [2.75, 3.05) is 60.3 Å². The van der Waals surface area contributed by atoms with Crippen LogP contribution in [0.4, 0.5) is 0 Å². The maximum atomic E-state index is 5.74. The lowest BCUT2D eigenvalue weighted by Crippen LogP contribution is -2.38. The first kappa shape index (κ1) is 26.9. The number of aliphatic imine (C=N–C) groups is 1. The smallest absolute Gasteiger partial charge is 0.191 e. The van der Waals surface area contributed by atoms with Crippen LogP contribution in [-0.2, 0) is 20.8 Å². The average molecular weight is 509 g/mol. The number of ether oxygens (including phenoxy) is 4. The molecule has 0 spiro atoms. The van der Waals surface area contributed by atoms with Crippen molar-refractivity contribution in [1.29, 1.82) is 0 Å². The van der Waals surface area contributed by atoms with Crippen LogP contribution in [0, 0.1) is 0 Å². The number of hydrogen-bond donors (Lipinski definition) is 2. The van der Waals surface area contributed by atoms with Crippen molar-refractivity contribution < 1.29 is 18.9 Å². The number of rotatable bonds is 15. The summed E-state index contributed by atoms with van der Waals surface area (Å²) in [7, 11) is 3.37. The number of guanidine groups is 1. The van der Waals surface area contributed by atoms with E-state index in [1.807, 2.05) is 18.2 Å². The third-order valence-electron chi connectivity index (χ3n) is 3.61. The van der Waals surface area contributed by atoms with Crippen molar-refractivity contribution in [2.24, 2.45) is 4.99 Å². The molecule has 0 aliphatic carbocycles. The molecule has 8 heteroatoms. The van der Waals surface area contributed by atoms with E-state index in [1.165, 1.54) is 0 Å². The summed E-state index contributed by atoms with van der Waals surface area (Å²) in [4.78, 5) is 4.64. The molecular weight excluding hydrogens is 473 g/mol. The minimum Gasteiger partial charge on any atom is -0.493 e. The summed E-state index contributed by atoms with van der Waals surface area (Å²) in [6.45, 7) is 7.60. The molecule has 0 amide bonds. The second-order valence-electron chi connectivity index (χ2n) is 5.92. The zero-order chi connectivity index (χ0) is 19.6. The average Bonchev–Trinajstić information content (AvgIpc) is 2.69. The molecule has 1 rings (SSSR count). The van der Waals surface area contributed by atoms with Crippen molar-refractivity contribution in [3.63, 3.8) is 0 Å². The molecule has 0 heterocycles. The van der Waals surface area contributed by atoms with Crippen LogP contribution in [0.2, 0.25) is 0 Å². The zero-order valence-electron chi connectivity index (χ0n) is 17.4. The van der Waals surface area contributed by atoms with Gasteiger partial charge in [-0.05, 0) is 31.0 Å². The lowest BCUT2D eigenvalue weighted by molar-refractivity contribution is 0.0698. The van der Waals surface area contributed by atoms with Gasteiger partial charge < -0.3 is 29.6 Å². The Morgan fingerprint density at radius 1 is 0.964 bits per heavy atom. The number of nitrogens with zero attached hydrogens (tertiary/aromatic N) is 1. The molecule has 0 saturated heterocycles. The standard InChI is InChI=1S/C20H35N3O4.HI/c1-4-21-20(22-10-6-12-26-15-14-25-3)23-17-18-8-5-9-19(16-18)27-13-7-11-24-2;/h5,8-9,16H,4,6-7,10-15,17H2,1-3H3,(H2,21,22,23);1H. The number of nitrogens with one attached hydrogen (secondary N) is 2. The first-order valence-corrected chi connectivity index (χ1v) is 9.59. The second kappa shape index (κ2) is 19.2. The summed E-state index contributed by atoms with van der Waals surface area (Å²) < 4.78 is 21.2. The normalized spacial score (nSPS) is 11.0. The number of benzene rings is 1. The lowest BCUT2D eigenvalue weighted by atomic mass is 10.2. The quantitative estimate of drug-likeness (QED) is 0.164. The Balaban J connectivity index is 0.00000729. The Hall–Kier alpha value is -1.10. The number of hydrogen-bond acceptors (Lipinski definition) is 5. The maximum Gasteiger partial charge on any atom is 0.191 e. The van der Waals surface area contributed by atoms with Gasteiger partial charge in [0.25, 0.3) is 0 Å². The lowest BCUT2D eigenvalue weighted by Gasteiger charge is -2.12. The molecule has 0 bridgehead atoms. The summed E-state index contributed by atoms with van der Waals surface area (Å²) in [6, 6.07) is 8.05. The first-order valence-electron chi connectivity index (χ1n) is 9.59. The molecule has 0 radical (unpaired) electrons. The Labute approximate surface area is 186 Å². The Kier molecular flexibility index (Phi) is 18.5. The zero-order valence-corrected chi connectivity index (χ0v) is 19.7. The topological polar surface area (TPSA) is 73.3 Å². The van der Waals surface area contributed by atoms with Gasteiger partial charge in [0.2, 0.25) is 0 Å². The summed E-state index contributed by atoms with van der Waals surface area (Å²) in [6.07, 6.45) is 1.79. The van der Waals surface area contributed by atoms with Gasteiger partial charge in [-0.3, -0.25) is 0 Å². The summed E-state index contributed by atoms with van der Waals surface area (Å²) >= 11 is 0. The summed E-state index contributed by atoms with van der Waals surface area (Å²) in [5.74, 6) is 1.67. The highest BCUT2D eigenvalue weighted by Crippen LogP contribution is 2.14. The van der Waals surface area contributed by atoms with E-state index < -0.39 is 0 Å². The Morgan fingerprint density at radius 2 is 1.79 bits per heavy atom. The third kappa shape index (κ3) is 14.0. The molecule has 2 N–H and O–H groups in total. The van der Waals surface area contributed by atoms with Gasteiger partial charge in [-0.15, -0.1) is 24.0 Å². The number of methoxy groups -OCH3 is 2. The third-order valence-corrected chi connectivity index (χ3v) is 3.61. The van der Waals surface area contributed by atoms with Crippen LogP contribution in [-0.4, -0.2) is 66.3 Å². The molecule has 0 atom stereocenters. The fourth-order valence-electron chi connectivity index (χ4n) is 2.26. The van der Waals surface area contributed by atoms with Crippen LogP contribution in [0.15, 0.2) is 29.3 Å². The number of halogens is 1. The molecule has 7 nitrogen and oxygen atoms in total. The molecule has 0 unspecified atom stereocenters. The van der Waals surface area contributed by atoms with Gasteiger partial charge >= 0.3 is 0 Å². The molecule has 28 heavy (non-hydrogen) atoms. The molecular formula is C20H36IN3O4. The van der Waals surface area contributed by atoms with Crippen molar-refractivity contribution in [3.8, 4) is 5.75 Å². The van der Waals surface area contributed by atoms with Crippen molar-refractivity contribution in [2.45, 2.75) is 26.3 Å². The van der Waals surface area contributed by atoms with Gasteiger partial charge in [-0.1, -0.05) is 12.1 Å². The highest BCUT2D eigenvalue weighted by atomic mass is 127. The van der Waals surface area contributed by atoms with Gasteiger partial charge in [-0.25, -0.2) is 4.99 Å². The van der Waals surface area contributed by atoms with E-state index in [9.17, 15) is 0 Å². The van der Waals surface area contributed by atoms with Crippen molar-refractivity contribution in [1.82, 2.24) is 10.6 Å². The van der Waals surface area contributed by atoms with Gasteiger partial charge in [0.15, 0.2) is 5.96 Å². The van der Waals surface area contributed by atoms with Crippen LogP contribution in [0.25, 0.3) is 0 Å². The Bertz CT molecular complexity index is 518. The summed E-state index contributed by atoms with van der Waals surface area (Å²) in [5.41, 5.74) is 1.11. The van der Waals surface area contributed by atoms with E-state index in [4.69, 9.17) is 18.9 Å². The van der Waals surface area contributed by atoms with Crippen LogP contribution in [0.1, 0.15) is 25.3 Å². The van der Waals surface area contributed by atoms with E-state index in [-0.39, 0.29) is 24.0 Å². The van der Waals surface area contributed by atoms with Crippen LogP contribution >= 0.6 is 24.0 Å². The molecule has 0 fully saturated rings. The minimum atomic E-state index is 0. The maximum absolute atomic E-state index is 5.74. The monoisotopic (exact) mass is 509 g/mol. The van der Waals surface area contributed by atoms with Gasteiger partial charge in [0.05, 0.1) is 26.4 Å². The second-order valence-corrected chi connectivity index (χ2v) is 5.92. The van der Waals surface area contributed by atoms with Crippen LogP contribution in [0.5, 0.6) is 5.75 Å². The molecule has 0 aliphatic heterocycles. The fourth-order valence-corrected chi connectivity index (χ4v) is 2.26. The highest BCUT2D eigenvalue weighted by Gasteiger charge is 2.00. The minimum absolute atomic E-state index is 0. The molecule has 1 aromatic carbocycles. The van der Waals surface area contributed by atoms with Gasteiger partial charge in [0, 0.05) is 46.9 Å². The van der Waals surface area contributed by atoms with Crippen molar-refractivity contribution >= 4 is 29.9 Å². The predicted octanol–water partition coefficient (Wildman–Crippen LogP) is 2.83. The SMILES string of the molecule is CCNC(=NCc1cccc(OCCCOC)c1)NCCCOCCOC.I.